The van der Waals surface area contributed by atoms with E-state index >= 15 is 8.78 Å². The molecule has 2 saturated heterocycles. The molecular formula is C27H30F2N2O4. The quantitative estimate of drug-likeness (QED) is 0.345. The molecule has 0 aromatic heterocycles. The third-order valence-electron chi connectivity index (χ3n) is 7.98. The van der Waals surface area contributed by atoms with Gasteiger partial charge in [-0.3, -0.25) is 4.99 Å². The smallest absolute Gasteiger partial charge is 0.330 e. The Kier molecular flexibility index (Phi) is 6.57. The highest BCUT2D eigenvalue weighted by Crippen LogP contribution is 2.57. The molecule has 0 amide bonds. The van der Waals surface area contributed by atoms with Gasteiger partial charge in [-0.2, -0.15) is 0 Å². The normalized spacial score (nSPS) is 31.9. The van der Waals surface area contributed by atoms with Gasteiger partial charge in [-0.1, -0.05) is 6.08 Å². The van der Waals surface area contributed by atoms with Crippen molar-refractivity contribution in [1.82, 2.24) is 0 Å². The number of aliphatic imine (C=N–C) groups is 1. The highest BCUT2D eigenvalue weighted by Gasteiger charge is 2.63. The van der Waals surface area contributed by atoms with E-state index in [4.69, 9.17) is 9.47 Å². The first-order valence-corrected chi connectivity index (χ1v) is 12.4. The molecule has 0 bridgehead atoms. The van der Waals surface area contributed by atoms with E-state index in [9.17, 15) is 9.59 Å². The molecule has 4 unspecified atom stereocenters. The summed E-state index contributed by atoms with van der Waals surface area (Å²) >= 11 is 0. The maximum atomic E-state index is 15.8. The minimum absolute atomic E-state index is 0.00697. The molecule has 35 heavy (non-hydrogen) atoms. The fourth-order valence-electron chi connectivity index (χ4n) is 6.70. The summed E-state index contributed by atoms with van der Waals surface area (Å²) in [5, 5.41) is 0. The topological polar surface area (TPSA) is 68.2 Å². The van der Waals surface area contributed by atoms with Crippen LogP contribution in [0, 0.1) is 29.4 Å². The second-order valence-electron chi connectivity index (χ2n) is 9.67. The summed E-state index contributed by atoms with van der Waals surface area (Å²) < 4.78 is 42.2. The lowest BCUT2D eigenvalue weighted by molar-refractivity contribution is -0.137. The van der Waals surface area contributed by atoms with Crippen molar-refractivity contribution in [3.8, 4) is 0 Å². The highest BCUT2D eigenvalue weighted by molar-refractivity contribution is 5.88. The molecule has 1 aliphatic carbocycles. The number of allylic oxidation sites excluding steroid dienone is 1. The van der Waals surface area contributed by atoms with Crippen LogP contribution in [0.15, 0.2) is 34.9 Å². The SMILES string of the molecule is CCOC(=O)/C=C/c1cc(F)c(N2C(C3CCOC3)[C@H](C=O)C3CCC=C4C=NCCC432)c(F)c1. The van der Waals surface area contributed by atoms with Gasteiger partial charge < -0.3 is 19.2 Å². The monoisotopic (exact) mass is 484 g/mol. The first-order chi connectivity index (χ1) is 17.0. The van der Waals surface area contributed by atoms with E-state index in [2.05, 4.69) is 11.1 Å². The van der Waals surface area contributed by atoms with E-state index < -0.39 is 23.1 Å². The molecule has 2 fully saturated rings. The predicted molar refractivity (Wildman–Crippen MR) is 128 cm³/mol. The number of hydrogen-bond donors (Lipinski definition) is 0. The molecule has 3 aliphatic heterocycles. The van der Waals surface area contributed by atoms with Gasteiger partial charge in [-0.05, 0) is 67.9 Å². The van der Waals surface area contributed by atoms with Crippen LogP contribution in [0.2, 0.25) is 0 Å². The van der Waals surface area contributed by atoms with Crippen molar-refractivity contribution in [3.63, 3.8) is 0 Å². The molecule has 5 rings (SSSR count). The second-order valence-corrected chi connectivity index (χ2v) is 9.67. The van der Waals surface area contributed by atoms with Crippen LogP contribution in [0.5, 0.6) is 0 Å². The second kappa shape index (κ2) is 9.64. The van der Waals surface area contributed by atoms with Gasteiger partial charge in [-0.15, -0.1) is 0 Å². The van der Waals surface area contributed by atoms with Crippen LogP contribution >= 0.6 is 0 Å². The van der Waals surface area contributed by atoms with Crippen LogP contribution in [0.25, 0.3) is 6.08 Å². The van der Waals surface area contributed by atoms with E-state index in [1.54, 1.807) is 6.92 Å². The number of aldehydes is 1. The number of carbonyl (C=O) groups is 2. The summed E-state index contributed by atoms with van der Waals surface area (Å²) in [5.41, 5.74) is 0.358. The summed E-state index contributed by atoms with van der Waals surface area (Å²) in [5.74, 6) is -2.44. The Hall–Kier alpha value is -2.87. The number of hydrogen-bond acceptors (Lipinski definition) is 6. The Morgan fingerprint density at radius 1 is 1.31 bits per heavy atom. The number of anilines is 1. The summed E-state index contributed by atoms with van der Waals surface area (Å²) in [6.07, 6.45) is 10.3. The molecule has 5 atom stereocenters. The van der Waals surface area contributed by atoms with E-state index in [1.807, 2.05) is 11.1 Å². The van der Waals surface area contributed by atoms with Crippen LogP contribution < -0.4 is 4.90 Å². The lowest BCUT2D eigenvalue weighted by Crippen LogP contribution is -2.56. The molecule has 0 N–H and O–H groups in total. The van der Waals surface area contributed by atoms with Crippen molar-refractivity contribution in [2.45, 2.75) is 44.2 Å². The van der Waals surface area contributed by atoms with Gasteiger partial charge in [-0.25, -0.2) is 13.6 Å². The van der Waals surface area contributed by atoms with Crippen LogP contribution in [0.4, 0.5) is 14.5 Å². The number of carbonyl (C=O) groups excluding carboxylic acids is 2. The summed E-state index contributed by atoms with van der Waals surface area (Å²) in [6, 6.07) is 2.09. The first kappa shape index (κ1) is 23.9. The Labute approximate surface area is 203 Å². The number of nitrogens with zero attached hydrogens (tertiary/aromatic N) is 2. The largest absolute Gasteiger partial charge is 0.463 e. The number of rotatable bonds is 6. The standard InChI is InChI=1S/C27H30F2N2O4/c1-2-35-24(33)7-6-17-12-22(28)26(23(29)13-17)31-25(18-8-11-34-16-18)20(15-32)21-5-3-4-19-14-30-10-9-27(19,21)31/h4,6-7,12-15,18,20-21,25H,2-3,5,8-11,16H2,1H3/b7-6+/t18?,20-,21?,25?,27?/m1/s1. The molecule has 6 nitrogen and oxygen atoms in total. The Bertz CT molecular complexity index is 1070. The maximum Gasteiger partial charge on any atom is 0.330 e. The van der Waals surface area contributed by atoms with Crippen molar-refractivity contribution in [2.75, 3.05) is 31.3 Å². The van der Waals surface area contributed by atoms with Gasteiger partial charge in [0.25, 0.3) is 0 Å². The maximum absolute atomic E-state index is 15.8. The van der Waals surface area contributed by atoms with Crippen molar-refractivity contribution < 1.29 is 27.8 Å². The Balaban J connectivity index is 1.64. The zero-order valence-electron chi connectivity index (χ0n) is 19.8. The molecule has 8 heteroatoms. The van der Waals surface area contributed by atoms with Gasteiger partial charge in [0.2, 0.25) is 0 Å². The minimum Gasteiger partial charge on any atom is -0.463 e. The number of ether oxygens (including phenoxy) is 2. The van der Waals surface area contributed by atoms with E-state index in [1.165, 1.54) is 18.2 Å². The zero-order chi connectivity index (χ0) is 24.6. The minimum atomic E-state index is -0.718. The number of halogens is 2. The molecule has 186 valence electrons. The van der Waals surface area contributed by atoms with Crippen molar-refractivity contribution in [1.29, 1.82) is 0 Å². The average molecular weight is 485 g/mol. The third kappa shape index (κ3) is 3.92. The third-order valence-corrected chi connectivity index (χ3v) is 7.98. The number of esters is 1. The predicted octanol–water partition coefficient (Wildman–Crippen LogP) is 4.13. The van der Waals surface area contributed by atoms with Crippen LogP contribution in [-0.2, 0) is 19.1 Å². The van der Waals surface area contributed by atoms with Crippen molar-refractivity contribution in [2.24, 2.45) is 22.7 Å². The van der Waals surface area contributed by atoms with Gasteiger partial charge in [0, 0.05) is 43.3 Å². The molecule has 0 radical (unpaired) electrons. The average Bonchev–Trinajstić information content (AvgIpc) is 3.47. The lowest BCUT2D eigenvalue weighted by Gasteiger charge is -2.49. The number of benzene rings is 1. The van der Waals surface area contributed by atoms with Crippen LogP contribution in [-0.4, -0.2) is 56.4 Å². The molecule has 1 spiro atoms. The fourth-order valence-corrected chi connectivity index (χ4v) is 6.70. The first-order valence-electron chi connectivity index (χ1n) is 12.4. The highest BCUT2D eigenvalue weighted by atomic mass is 19.1. The molecule has 3 heterocycles. The Morgan fingerprint density at radius 2 is 2.11 bits per heavy atom. The molecule has 1 aromatic rings. The van der Waals surface area contributed by atoms with Crippen molar-refractivity contribution >= 4 is 30.2 Å². The van der Waals surface area contributed by atoms with Gasteiger partial charge in [0.15, 0.2) is 0 Å². The zero-order valence-corrected chi connectivity index (χ0v) is 19.8. The molecule has 0 saturated carbocycles. The van der Waals surface area contributed by atoms with E-state index in [-0.39, 0.29) is 41.7 Å². The van der Waals surface area contributed by atoms with Gasteiger partial charge >= 0.3 is 5.97 Å². The van der Waals surface area contributed by atoms with Crippen molar-refractivity contribution in [3.05, 3.63) is 47.1 Å². The summed E-state index contributed by atoms with van der Waals surface area (Å²) in [6.45, 7) is 3.47. The van der Waals surface area contributed by atoms with Crippen LogP contribution in [0.1, 0.15) is 38.2 Å². The Morgan fingerprint density at radius 3 is 2.80 bits per heavy atom. The van der Waals surface area contributed by atoms with Crippen LogP contribution in [0.3, 0.4) is 0 Å². The molecular weight excluding hydrogens is 454 g/mol. The van der Waals surface area contributed by atoms with Gasteiger partial charge in [0.05, 0.1) is 18.8 Å². The fraction of sp³-hybridized carbons (Fsp3) is 0.519. The summed E-state index contributed by atoms with van der Waals surface area (Å²) in [7, 11) is 0. The molecule has 1 aromatic carbocycles. The van der Waals surface area contributed by atoms with Gasteiger partial charge in [0.1, 0.15) is 23.6 Å². The molecule has 4 aliphatic rings. The van der Waals surface area contributed by atoms with E-state index in [0.29, 0.717) is 26.2 Å². The lowest BCUT2D eigenvalue weighted by atomic mass is 9.66. The summed E-state index contributed by atoms with van der Waals surface area (Å²) in [4.78, 5) is 30.6. The van der Waals surface area contributed by atoms with E-state index in [0.717, 1.165) is 37.2 Å².